The van der Waals surface area contributed by atoms with Crippen LogP contribution in [0.15, 0.2) is 133 Å². The molecule has 0 saturated heterocycles. The van der Waals surface area contributed by atoms with Crippen molar-refractivity contribution >= 4 is 27.5 Å². The molecule has 0 fully saturated rings. The largest absolute Gasteiger partial charge is 0.494 e. The van der Waals surface area contributed by atoms with Crippen molar-refractivity contribution in [2.45, 2.75) is 65.2 Å². The summed E-state index contributed by atoms with van der Waals surface area (Å²) < 4.78 is 11.1. The average Bonchev–Trinajstić information content (AvgIpc) is 3.21. The molecule has 0 aliphatic rings. The summed E-state index contributed by atoms with van der Waals surface area (Å²) in [6.45, 7) is 8.59. The van der Waals surface area contributed by atoms with Crippen LogP contribution in [0.4, 0.5) is 0 Å². The minimum Gasteiger partial charge on any atom is -0.494 e. The number of rotatable bonds is 14. The zero-order chi connectivity index (χ0) is 37.5. The lowest BCUT2D eigenvalue weighted by molar-refractivity contribution is -0.139. The summed E-state index contributed by atoms with van der Waals surface area (Å²) in [5.41, 5.74) is 8.20. The van der Waals surface area contributed by atoms with Gasteiger partial charge in [-0.25, -0.2) is 4.79 Å². The molecule has 0 heterocycles. The Labute approximate surface area is 321 Å². The van der Waals surface area contributed by atoms with Crippen molar-refractivity contribution in [3.05, 3.63) is 161 Å². The third-order valence-electron chi connectivity index (χ3n) is 9.58. The fourth-order valence-corrected chi connectivity index (χ4v) is 6.53. The first-order valence-corrected chi connectivity index (χ1v) is 19.2. The normalized spacial score (nSPS) is 10.6. The van der Waals surface area contributed by atoms with E-state index in [1.54, 1.807) is 6.92 Å². The number of hydrogen-bond acceptors (Lipinski definition) is 3. The molecule has 0 saturated carbocycles. The molecule has 0 aliphatic carbocycles. The zero-order valence-corrected chi connectivity index (χ0v) is 31.5. The molecule has 6 aromatic rings. The molecular formula is C51H48O3. The first-order valence-electron chi connectivity index (χ1n) is 19.2. The van der Waals surface area contributed by atoms with Crippen LogP contribution in [0.2, 0.25) is 0 Å². The summed E-state index contributed by atoms with van der Waals surface area (Å²) in [5, 5.41) is 4.38. The standard InChI is InChI=1S/C51H48O3/c1-4-5-8-15-39-20-28-42(29-21-39)43-30-22-40(23-31-43)26-34-49-45-16-9-11-18-47(45)50(48-19-12-10-17-46(48)49)35-27-41-24-32-44(33-25-41)53-36-13-6-7-14-37-54-51(52)38(2)3/h9-12,16-25,28-33H,2,4-8,13-15,36-37H2,1,3H3. The Morgan fingerprint density at radius 2 is 1.04 bits per heavy atom. The van der Waals surface area contributed by atoms with Gasteiger partial charge in [0.2, 0.25) is 0 Å². The Morgan fingerprint density at radius 1 is 0.556 bits per heavy atom. The van der Waals surface area contributed by atoms with E-state index < -0.39 is 0 Å². The highest BCUT2D eigenvalue weighted by Crippen LogP contribution is 2.32. The van der Waals surface area contributed by atoms with Gasteiger partial charge >= 0.3 is 5.97 Å². The second-order valence-electron chi connectivity index (χ2n) is 13.8. The van der Waals surface area contributed by atoms with Crippen molar-refractivity contribution in [2.24, 2.45) is 0 Å². The number of carbonyl (C=O) groups excluding carboxylic acids is 1. The molecule has 3 nitrogen and oxygen atoms in total. The molecule has 0 spiro atoms. The maximum Gasteiger partial charge on any atom is 0.333 e. The second kappa shape index (κ2) is 19.2. The maximum atomic E-state index is 11.5. The molecule has 6 rings (SSSR count). The number of hydrogen-bond donors (Lipinski definition) is 0. The number of benzene rings is 6. The number of ether oxygens (including phenoxy) is 2. The van der Waals surface area contributed by atoms with E-state index in [0.717, 1.165) is 81.7 Å². The highest BCUT2D eigenvalue weighted by Gasteiger charge is 2.11. The van der Waals surface area contributed by atoms with E-state index in [1.807, 2.05) is 24.3 Å². The van der Waals surface area contributed by atoms with Crippen LogP contribution in [0.25, 0.3) is 32.7 Å². The third-order valence-corrected chi connectivity index (χ3v) is 9.58. The summed E-state index contributed by atoms with van der Waals surface area (Å²) in [6, 6.07) is 42.4. The zero-order valence-electron chi connectivity index (χ0n) is 31.5. The van der Waals surface area contributed by atoms with Gasteiger partial charge in [-0.05, 0) is 120 Å². The van der Waals surface area contributed by atoms with Gasteiger partial charge in [0.15, 0.2) is 0 Å². The molecule has 0 aliphatic heterocycles. The fraction of sp³-hybridized carbons (Fsp3) is 0.235. The second-order valence-corrected chi connectivity index (χ2v) is 13.8. The minimum atomic E-state index is -0.320. The monoisotopic (exact) mass is 708 g/mol. The van der Waals surface area contributed by atoms with Crippen LogP contribution in [0.5, 0.6) is 5.75 Å². The molecule has 6 aromatic carbocycles. The van der Waals surface area contributed by atoms with Gasteiger partial charge in [0.25, 0.3) is 0 Å². The van der Waals surface area contributed by atoms with E-state index in [4.69, 9.17) is 9.47 Å². The van der Waals surface area contributed by atoms with E-state index in [2.05, 4.69) is 134 Å². The molecule has 0 unspecified atom stereocenters. The third kappa shape index (κ3) is 10.1. The van der Waals surface area contributed by atoms with Crippen LogP contribution in [0, 0.1) is 23.7 Å². The van der Waals surface area contributed by atoms with E-state index in [-0.39, 0.29) is 5.97 Å². The van der Waals surface area contributed by atoms with E-state index in [9.17, 15) is 4.79 Å². The summed E-state index contributed by atoms with van der Waals surface area (Å²) in [6.07, 6.45) is 8.71. The summed E-state index contributed by atoms with van der Waals surface area (Å²) in [5.74, 6) is 14.5. The number of unbranched alkanes of at least 4 members (excludes halogenated alkanes) is 5. The highest BCUT2D eigenvalue weighted by atomic mass is 16.5. The van der Waals surface area contributed by atoms with Gasteiger partial charge in [-0.15, -0.1) is 0 Å². The van der Waals surface area contributed by atoms with Crippen molar-refractivity contribution in [3.63, 3.8) is 0 Å². The molecule has 270 valence electrons. The lowest BCUT2D eigenvalue weighted by atomic mass is 9.91. The van der Waals surface area contributed by atoms with Crippen LogP contribution < -0.4 is 4.74 Å². The number of esters is 1. The number of fused-ring (bicyclic) bond motifs is 2. The SMILES string of the molecule is C=C(C)C(=O)OCCCCCCOc1ccc(C#Cc2c3ccccc3c(C#Cc3ccc(-c4ccc(CCCCC)cc4)cc3)c3ccccc23)cc1. The van der Waals surface area contributed by atoms with Crippen LogP contribution in [-0.4, -0.2) is 19.2 Å². The van der Waals surface area contributed by atoms with Crippen LogP contribution in [0.1, 0.15) is 86.6 Å². The molecule has 54 heavy (non-hydrogen) atoms. The van der Waals surface area contributed by atoms with Crippen molar-refractivity contribution in [2.75, 3.05) is 13.2 Å². The number of aryl methyl sites for hydroxylation is 1. The van der Waals surface area contributed by atoms with E-state index in [1.165, 1.54) is 36.0 Å². The minimum absolute atomic E-state index is 0.320. The Kier molecular flexibility index (Phi) is 13.4. The van der Waals surface area contributed by atoms with Gasteiger partial charge in [-0.1, -0.05) is 135 Å². The van der Waals surface area contributed by atoms with Crippen molar-refractivity contribution in [3.8, 4) is 40.6 Å². The first kappa shape index (κ1) is 37.7. The topological polar surface area (TPSA) is 35.5 Å². The smallest absolute Gasteiger partial charge is 0.333 e. The van der Waals surface area contributed by atoms with Gasteiger partial charge in [-0.2, -0.15) is 0 Å². The lowest BCUT2D eigenvalue weighted by Crippen LogP contribution is -2.06. The quantitative estimate of drug-likeness (QED) is 0.0371. The molecule has 0 atom stereocenters. The van der Waals surface area contributed by atoms with Gasteiger partial charge in [0.05, 0.1) is 13.2 Å². The van der Waals surface area contributed by atoms with Crippen molar-refractivity contribution in [1.82, 2.24) is 0 Å². The average molecular weight is 709 g/mol. The Balaban J connectivity index is 1.14. The molecule has 0 amide bonds. The summed E-state index contributed by atoms with van der Waals surface area (Å²) >= 11 is 0. The van der Waals surface area contributed by atoms with Crippen molar-refractivity contribution in [1.29, 1.82) is 0 Å². The van der Waals surface area contributed by atoms with Gasteiger partial charge in [0, 0.05) is 27.8 Å². The maximum absolute atomic E-state index is 11.5. The summed E-state index contributed by atoms with van der Waals surface area (Å²) in [7, 11) is 0. The number of carbonyl (C=O) groups is 1. The fourth-order valence-electron chi connectivity index (χ4n) is 6.53. The van der Waals surface area contributed by atoms with Gasteiger partial charge in [0.1, 0.15) is 5.75 Å². The van der Waals surface area contributed by atoms with Crippen LogP contribution >= 0.6 is 0 Å². The molecular weight excluding hydrogens is 661 g/mol. The Bertz CT molecular complexity index is 2270. The molecule has 0 radical (unpaired) electrons. The van der Waals surface area contributed by atoms with Gasteiger partial charge < -0.3 is 9.47 Å². The van der Waals surface area contributed by atoms with E-state index >= 15 is 0 Å². The highest BCUT2D eigenvalue weighted by molar-refractivity contribution is 6.09. The molecule has 0 N–H and O–H groups in total. The molecule has 0 aromatic heterocycles. The van der Waals surface area contributed by atoms with Crippen LogP contribution in [0.3, 0.4) is 0 Å². The molecule has 3 heteroatoms. The Morgan fingerprint density at radius 3 is 1.54 bits per heavy atom. The predicted molar refractivity (Wildman–Crippen MR) is 225 cm³/mol. The van der Waals surface area contributed by atoms with Crippen molar-refractivity contribution < 1.29 is 14.3 Å². The lowest BCUT2D eigenvalue weighted by Gasteiger charge is -2.10. The first-order chi connectivity index (χ1) is 26.5. The van der Waals surface area contributed by atoms with Gasteiger partial charge in [-0.3, -0.25) is 0 Å². The predicted octanol–water partition coefficient (Wildman–Crippen LogP) is 12.3. The van der Waals surface area contributed by atoms with E-state index in [0.29, 0.717) is 18.8 Å². The van der Waals surface area contributed by atoms with Crippen LogP contribution in [-0.2, 0) is 16.0 Å². The molecule has 0 bridgehead atoms. The summed E-state index contributed by atoms with van der Waals surface area (Å²) in [4.78, 5) is 11.5. The Hall–Kier alpha value is -6.03.